The fraction of sp³-hybridized carbons (Fsp3) is 0.167. The molecule has 2 amide bonds. The number of non-ortho nitro benzene ring substituents is 1. The van der Waals surface area contributed by atoms with Gasteiger partial charge in [0.15, 0.2) is 6.10 Å². The molecule has 0 unspecified atom stereocenters. The van der Waals surface area contributed by atoms with Crippen LogP contribution >= 0.6 is 0 Å². The van der Waals surface area contributed by atoms with E-state index in [4.69, 9.17) is 4.84 Å². The quantitative estimate of drug-likeness (QED) is 0.353. The lowest BCUT2D eigenvalue weighted by Crippen LogP contribution is -2.41. The van der Waals surface area contributed by atoms with Crippen molar-refractivity contribution in [1.29, 1.82) is 0 Å². The molecule has 0 aromatic heterocycles. The molecule has 0 saturated carbocycles. The summed E-state index contributed by atoms with van der Waals surface area (Å²) < 4.78 is 0. The number of nitrogens with zero attached hydrogens (tertiary/aromatic N) is 3. The highest BCUT2D eigenvalue weighted by molar-refractivity contribution is 6.25. The Kier molecular flexibility index (Phi) is 4.53. The predicted octanol–water partition coefficient (Wildman–Crippen LogP) is 4.04. The van der Waals surface area contributed by atoms with Crippen LogP contribution < -0.4 is 9.96 Å². The van der Waals surface area contributed by atoms with Crippen molar-refractivity contribution in [2.75, 3.05) is 9.96 Å². The van der Waals surface area contributed by atoms with Crippen molar-refractivity contribution in [3.8, 4) is 0 Å². The number of para-hydroxylation sites is 1. The number of benzene rings is 3. The third-order valence-corrected chi connectivity index (χ3v) is 6.10. The van der Waals surface area contributed by atoms with Gasteiger partial charge in [-0.2, -0.15) is 0 Å². The van der Waals surface area contributed by atoms with Crippen molar-refractivity contribution in [1.82, 2.24) is 0 Å². The van der Waals surface area contributed by atoms with Crippen LogP contribution in [0.2, 0.25) is 0 Å². The average Bonchev–Trinajstić information content (AvgIpc) is 3.23. The van der Waals surface area contributed by atoms with Gasteiger partial charge >= 0.3 is 0 Å². The van der Waals surface area contributed by atoms with Crippen LogP contribution in [0.15, 0.2) is 84.9 Å². The van der Waals surface area contributed by atoms with Gasteiger partial charge in [-0.15, -0.1) is 0 Å². The van der Waals surface area contributed by atoms with E-state index in [-0.39, 0.29) is 11.4 Å². The summed E-state index contributed by atoms with van der Waals surface area (Å²) in [5.74, 6) is -1.00. The van der Waals surface area contributed by atoms with Crippen molar-refractivity contribution >= 4 is 28.9 Å². The predicted molar refractivity (Wildman–Crippen MR) is 117 cm³/mol. The molecule has 3 aromatic rings. The Balaban J connectivity index is 1.63. The SMILES string of the molecule is C[C@@]12C(=O)N(c3cccc([N+](=O)[O-])c3)C(=O)[C@H]1ON(c1ccccc1)[C@H]2c1ccccc1. The van der Waals surface area contributed by atoms with E-state index in [1.54, 1.807) is 12.0 Å². The number of nitro benzene ring substituents is 1. The normalized spacial score (nSPS) is 24.7. The van der Waals surface area contributed by atoms with E-state index in [0.717, 1.165) is 16.2 Å². The van der Waals surface area contributed by atoms with Crippen molar-refractivity contribution in [2.24, 2.45) is 5.41 Å². The molecule has 2 fully saturated rings. The molecule has 3 aromatic carbocycles. The Morgan fingerprint density at radius 2 is 1.53 bits per heavy atom. The van der Waals surface area contributed by atoms with Crippen molar-refractivity contribution in [3.63, 3.8) is 0 Å². The summed E-state index contributed by atoms with van der Waals surface area (Å²) in [7, 11) is 0. The van der Waals surface area contributed by atoms with Crippen LogP contribution in [0.3, 0.4) is 0 Å². The zero-order valence-electron chi connectivity index (χ0n) is 17.1. The van der Waals surface area contributed by atoms with E-state index in [1.165, 1.54) is 24.3 Å². The summed E-state index contributed by atoms with van der Waals surface area (Å²) in [5.41, 5.74) is 0.268. The number of hydroxylamine groups is 1. The van der Waals surface area contributed by atoms with Crippen LogP contribution in [-0.2, 0) is 14.4 Å². The van der Waals surface area contributed by atoms with Crippen LogP contribution in [0.5, 0.6) is 0 Å². The molecule has 160 valence electrons. The van der Waals surface area contributed by atoms with Gasteiger partial charge in [0, 0.05) is 12.1 Å². The van der Waals surface area contributed by atoms with E-state index in [1.807, 2.05) is 60.7 Å². The minimum absolute atomic E-state index is 0.159. The lowest BCUT2D eigenvalue weighted by molar-refractivity contribution is -0.384. The lowest BCUT2D eigenvalue weighted by atomic mass is 9.76. The summed E-state index contributed by atoms with van der Waals surface area (Å²) >= 11 is 0. The van der Waals surface area contributed by atoms with Gasteiger partial charge in [0.2, 0.25) is 5.91 Å². The first-order chi connectivity index (χ1) is 15.4. The number of anilines is 2. The molecular weight excluding hydrogens is 410 g/mol. The minimum Gasteiger partial charge on any atom is -0.273 e. The van der Waals surface area contributed by atoms with Crippen LogP contribution in [0, 0.1) is 15.5 Å². The smallest absolute Gasteiger partial charge is 0.271 e. The lowest BCUT2D eigenvalue weighted by Gasteiger charge is -2.32. The Hall–Kier alpha value is -4.04. The summed E-state index contributed by atoms with van der Waals surface area (Å²) in [6.07, 6.45) is -1.07. The highest BCUT2D eigenvalue weighted by Crippen LogP contribution is 2.55. The molecule has 2 aliphatic heterocycles. The number of carbonyl (C=O) groups is 2. The second-order valence-corrected chi connectivity index (χ2v) is 8.00. The summed E-state index contributed by atoms with van der Waals surface area (Å²) in [6, 6.07) is 23.6. The highest BCUT2D eigenvalue weighted by atomic mass is 16.7. The van der Waals surface area contributed by atoms with E-state index in [0.29, 0.717) is 0 Å². The van der Waals surface area contributed by atoms with Gasteiger partial charge in [0.05, 0.1) is 22.3 Å². The van der Waals surface area contributed by atoms with Gasteiger partial charge in [0.25, 0.3) is 11.6 Å². The third-order valence-electron chi connectivity index (χ3n) is 6.10. The maximum absolute atomic E-state index is 13.8. The van der Waals surface area contributed by atoms with Gasteiger partial charge in [-0.25, -0.2) is 9.96 Å². The van der Waals surface area contributed by atoms with Crippen LogP contribution in [-0.4, -0.2) is 22.8 Å². The molecule has 5 rings (SSSR count). The Bertz CT molecular complexity index is 1220. The monoisotopic (exact) mass is 429 g/mol. The van der Waals surface area contributed by atoms with Gasteiger partial charge in [0.1, 0.15) is 5.41 Å². The highest BCUT2D eigenvalue weighted by Gasteiger charge is 2.68. The average molecular weight is 429 g/mol. The number of hydrogen-bond donors (Lipinski definition) is 0. The van der Waals surface area contributed by atoms with Crippen LogP contribution in [0.1, 0.15) is 18.5 Å². The maximum Gasteiger partial charge on any atom is 0.271 e. The fourth-order valence-corrected chi connectivity index (χ4v) is 4.55. The van der Waals surface area contributed by atoms with Gasteiger partial charge in [-0.3, -0.25) is 24.5 Å². The van der Waals surface area contributed by atoms with Crippen LogP contribution in [0.25, 0.3) is 0 Å². The standard InChI is InChI=1S/C24H19N3O5/c1-24-20(16-9-4-2-5-10-16)26(17-11-6-3-7-12-17)32-21(24)22(28)25(23(24)29)18-13-8-14-19(15-18)27(30)31/h2-15,20-21H,1H3/t20-,21+,24-/m0/s1. The summed E-state index contributed by atoms with van der Waals surface area (Å²) in [5, 5.41) is 12.8. The number of hydrogen-bond acceptors (Lipinski definition) is 6. The summed E-state index contributed by atoms with van der Waals surface area (Å²) in [6.45, 7) is 1.72. The van der Waals surface area contributed by atoms with Crippen molar-refractivity contribution < 1.29 is 19.3 Å². The molecule has 0 radical (unpaired) electrons. The van der Waals surface area contributed by atoms with Crippen LogP contribution in [0.4, 0.5) is 17.1 Å². The number of amides is 2. The Labute approximate surface area is 183 Å². The maximum atomic E-state index is 13.8. The van der Waals surface area contributed by atoms with E-state index in [9.17, 15) is 19.7 Å². The van der Waals surface area contributed by atoms with Gasteiger partial charge in [-0.05, 0) is 30.7 Å². The Morgan fingerprint density at radius 3 is 2.19 bits per heavy atom. The largest absolute Gasteiger partial charge is 0.273 e. The fourth-order valence-electron chi connectivity index (χ4n) is 4.55. The second kappa shape index (κ2) is 7.28. The van der Waals surface area contributed by atoms with E-state index in [2.05, 4.69) is 0 Å². The number of carbonyl (C=O) groups excluding carboxylic acids is 2. The Morgan fingerprint density at radius 1 is 0.906 bits per heavy atom. The molecule has 0 bridgehead atoms. The first-order valence-corrected chi connectivity index (χ1v) is 10.1. The number of imide groups is 1. The molecule has 32 heavy (non-hydrogen) atoms. The molecule has 0 spiro atoms. The molecule has 2 heterocycles. The first-order valence-electron chi connectivity index (χ1n) is 10.1. The number of fused-ring (bicyclic) bond motifs is 1. The zero-order chi connectivity index (χ0) is 22.5. The third kappa shape index (κ3) is 2.80. The van der Waals surface area contributed by atoms with Gasteiger partial charge < -0.3 is 0 Å². The molecule has 8 nitrogen and oxygen atoms in total. The molecule has 0 N–H and O–H groups in total. The van der Waals surface area contributed by atoms with Gasteiger partial charge in [-0.1, -0.05) is 54.6 Å². The minimum atomic E-state index is -1.24. The molecule has 8 heteroatoms. The first kappa shape index (κ1) is 19.9. The molecule has 2 aliphatic rings. The number of rotatable bonds is 4. The van der Waals surface area contributed by atoms with Crippen molar-refractivity contribution in [2.45, 2.75) is 19.1 Å². The number of nitro groups is 1. The second-order valence-electron chi connectivity index (χ2n) is 8.00. The van der Waals surface area contributed by atoms with Crippen molar-refractivity contribution in [3.05, 3.63) is 101 Å². The van der Waals surface area contributed by atoms with E-state index >= 15 is 0 Å². The summed E-state index contributed by atoms with van der Waals surface area (Å²) in [4.78, 5) is 45.0. The molecule has 3 atom stereocenters. The zero-order valence-corrected chi connectivity index (χ0v) is 17.1. The molecular formula is C24H19N3O5. The topological polar surface area (TPSA) is 93.0 Å². The van der Waals surface area contributed by atoms with E-state index < -0.39 is 34.3 Å². The molecule has 0 aliphatic carbocycles. The molecule has 2 saturated heterocycles.